The highest BCUT2D eigenvalue weighted by Gasteiger charge is 2.28. The maximum absolute atomic E-state index is 12.9. The monoisotopic (exact) mass is 760 g/mol. The maximum atomic E-state index is 12.9. The van der Waals surface area contributed by atoms with E-state index in [0.717, 1.165) is 51.4 Å². The molecule has 0 aromatic carbocycles. The summed E-state index contributed by atoms with van der Waals surface area (Å²) in [7, 11) is 1.61. The minimum absolute atomic E-state index is 0.0749. The smallest absolute Gasteiger partial charge is 0.391 e. The van der Waals surface area contributed by atoms with Crippen molar-refractivity contribution >= 4 is 13.7 Å². The number of likely N-dealkylation sites (N-methyl/N-ethyl adjacent to an activating group) is 1. The summed E-state index contributed by atoms with van der Waals surface area (Å²) in [6.07, 6.45) is 39.4. The summed E-state index contributed by atoms with van der Waals surface area (Å²) >= 11 is 0. The van der Waals surface area contributed by atoms with E-state index >= 15 is 0 Å². The van der Waals surface area contributed by atoms with Gasteiger partial charge in [0, 0.05) is 6.42 Å². The number of carbonyl (C=O) groups is 1. The molecule has 0 radical (unpaired) electrons. The summed E-state index contributed by atoms with van der Waals surface area (Å²) in [5, 5.41) is 13.9. The molecule has 1 amide bonds. The Morgan fingerprint density at radius 3 is 1.48 bits per heavy atom. The summed E-state index contributed by atoms with van der Waals surface area (Å²) in [5.41, 5.74) is 0. The van der Waals surface area contributed by atoms with Crippen molar-refractivity contribution in [3.05, 3.63) is 12.2 Å². The fraction of sp³-hybridized carbons (Fsp3) is 0.930. The quantitative estimate of drug-likeness (QED) is 0.0249. The van der Waals surface area contributed by atoms with Crippen molar-refractivity contribution in [1.29, 1.82) is 0 Å². The second-order valence-corrected chi connectivity index (χ2v) is 17.9. The number of nitrogens with one attached hydrogen (secondary N) is 1. The van der Waals surface area contributed by atoms with E-state index < -0.39 is 20.0 Å². The van der Waals surface area contributed by atoms with Crippen LogP contribution in [0.15, 0.2) is 12.2 Å². The summed E-state index contributed by atoms with van der Waals surface area (Å²) in [4.78, 5) is 23.1. The Balaban J connectivity index is 4.38. The van der Waals surface area contributed by atoms with E-state index in [4.69, 9.17) is 9.05 Å². The molecule has 3 atom stereocenters. The van der Waals surface area contributed by atoms with E-state index in [0.29, 0.717) is 23.9 Å². The standard InChI is InChI=1S/C43H87N2O6P/c1-6-8-10-12-14-16-18-20-22-24-26-28-30-32-34-36-42(46)41(40-51-52(48,49)50-39-38-45(3,4)5)44-43(47)37-35-33-31-29-27-25-23-21-19-17-15-13-11-9-7-2/h21,23,41-42,46H,6-20,22,24-40H2,1-5H3,(H-,44,47,48,49)/p+1/b23-21-. The number of hydrogen-bond donors (Lipinski definition) is 3. The van der Waals surface area contributed by atoms with E-state index in [1.807, 2.05) is 21.1 Å². The summed E-state index contributed by atoms with van der Waals surface area (Å²) in [6.45, 7) is 4.88. The Morgan fingerprint density at radius 1 is 0.635 bits per heavy atom. The van der Waals surface area contributed by atoms with Gasteiger partial charge in [0.25, 0.3) is 0 Å². The third-order valence-corrected chi connectivity index (χ3v) is 11.0. The molecule has 310 valence electrons. The van der Waals surface area contributed by atoms with Crippen LogP contribution in [0.25, 0.3) is 0 Å². The number of unbranched alkanes of at least 4 members (excludes halogenated alkanes) is 25. The van der Waals surface area contributed by atoms with Crippen LogP contribution in [0, 0.1) is 0 Å². The summed E-state index contributed by atoms with van der Waals surface area (Å²) < 4.78 is 23.6. The first-order chi connectivity index (χ1) is 25.0. The Kier molecular flexibility index (Phi) is 35.4. The molecule has 3 N–H and O–H groups in total. The molecule has 0 bridgehead atoms. The zero-order chi connectivity index (χ0) is 38.6. The van der Waals surface area contributed by atoms with Crippen molar-refractivity contribution in [2.24, 2.45) is 0 Å². The van der Waals surface area contributed by atoms with Gasteiger partial charge in [0.15, 0.2) is 0 Å². The zero-order valence-corrected chi connectivity index (χ0v) is 36.0. The van der Waals surface area contributed by atoms with Gasteiger partial charge >= 0.3 is 7.82 Å². The van der Waals surface area contributed by atoms with E-state index in [-0.39, 0.29) is 19.1 Å². The van der Waals surface area contributed by atoms with Gasteiger partial charge in [-0.15, -0.1) is 0 Å². The first-order valence-corrected chi connectivity index (χ1v) is 23.5. The number of phosphoric ester groups is 1. The number of allylic oxidation sites excluding steroid dienone is 2. The second-order valence-electron chi connectivity index (χ2n) is 16.4. The molecular weight excluding hydrogens is 671 g/mol. The number of nitrogens with zero attached hydrogens (tertiary/aromatic N) is 1. The molecule has 0 spiro atoms. The molecule has 0 rings (SSSR count). The third kappa shape index (κ3) is 37.6. The van der Waals surface area contributed by atoms with Crippen molar-refractivity contribution in [3.8, 4) is 0 Å². The number of rotatable bonds is 40. The molecular formula is C43H88N2O6P+. The van der Waals surface area contributed by atoms with Crippen LogP contribution in [0.5, 0.6) is 0 Å². The van der Waals surface area contributed by atoms with Crippen LogP contribution in [0.4, 0.5) is 0 Å². The first kappa shape index (κ1) is 51.2. The molecule has 0 saturated heterocycles. The fourth-order valence-electron chi connectivity index (χ4n) is 6.45. The van der Waals surface area contributed by atoms with Gasteiger partial charge in [0.2, 0.25) is 5.91 Å². The average Bonchev–Trinajstić information content (AvgIpc) is 3.09. The molecule has 0 aliphatic rings. The van der Waals surface area contributed by atoms with Crippen LogP contribution in [-0.2, 0) is 18.4 Å². The normalized spacial score (nSPS) is 14.5. The molecule has 52 heavy (non-hydrogen) atoms. The molecule has 3 unspecified atom stereocenters. The van der Waals surface area contributed by atoms with Crippen LogP contribution in [-0.4, -0.2) is 73.4 Å². The number of hydrogen-bond acceptors (Lipinski definition) is 5. The molecule has 0 aliphatic carbocycles. The predicted octanol–water partition coefficient (Wildman–Crippen LogP) is 12.0. The number of carbonyl (C=O) groups excluding carboxylic acids is 1. The SMILES string of the molecule is CCCCCCCC/C=C\CCCCCCCC(=O)NC(COP(=O)(O)OCC[N+](C)(C)C)C(O)CCCCCCCCCCCCCCCCC. The number of aliphatic hydroxyl groups excluding tert-OH is 1. The van der Waals surface area contributed by atoms with Gasteiger partial charge in [-0.25, -0.2) is 4.57 Å². The van der Waals surface area contributed by atoms with Crippen LogP contribution < -0.4 is 5.32 Å². The Morgan fingerprint density at radius 2 is 1.04 bits per heavy atom. The van der Waals surface area contributed by atoms with E-state index in [2.05, 4.69) is 31.3 Å². The van der Waals surface area contributed by atoms with Crippen LogP contribution in [0.1, 0.15) is 206 Å². The highest BCUT2D eigenvalue weighted by molar-refractivity contribution is 7.47. The van der Waals surface area contributed by atoms with Crippen molar-refractivity contribution in [2.75, 3.05) is 40.9 Å². The molecule has 0 aliphatic heterocycles. The van der Waals surface area contributed by atoms with Gasteiger partial charge in [-0.05, 0) is 38.5 Å². The van der Waals surface area contributed by atoms with Crippen molar-refractivity contribution in [3.63, 3.8) is 0 Å². The Bertz CT molecular complexity index is 865. The highest BCUT2D eigenvalue weighted by atomic mass is 31.2. The lowest BCUT2D eigenvalue weighted by Gasteiger charge is -2.26. The van der Waals surface area contributed by atoms with Gasteiger partial charge < -0.3 is 19.8 Å². The van der Waals surface area contributed by atoms with Crippen LogP contribution in [0.2, 0.25) is 0 Å². The van der Waals surface area contributed by atoms with Crippen molar-refractivity contribution < 1.29 is 32.9 Å². The average molecular weight is 760 g/mol. The van der Waals surface area contributed by atoms with Gasteiger partial charge in [-0.2, -0.15) is 0 Å². The largest absolute Gasteiger partial charge is 0.472 e. The zero-order valence-electron chi connectivity index (χ0n) is 35.1. The minimum atomic E-state index is -4.31. The van der Waals surface area contributed by atoms with E-state index in [9.17, 15) is 19.4 Å². The van der Waals surface area contributed by atoms with E-state index in [1.165, 1.54) is 128 Å². The minimum Gasteiger partial charge on any atom is -0.391 e. The molecule has 0 fully saturated rings. The maximum Gasteiger partial charge on any atom is 0.472 e. The predicted molar refractivity (Wildman–Crippen MR) is 222 cm³/mol. The number of amides is 1. The number of phosphoric acid groups is 1. The first-order valence-electron chi connectivity index (χ1n) is 22.1. The molecule has 0 heterocycles. The number of quaternary nitrogens is 1. The van der Waals surface area contributed by atoms with Gasteiger partial charge in [0.1, 0.15) is 13.2 Å². The van der Waals surface area contributed by atoms with Crippen LogP contribution in [0.3, 0.4) is 0 Å². The van der Waals surface area contributed by atoms with Gasteiger partial charge in [-0.1, -0.05) is 174 Å². The third-order valence-electron chi connectivity index (χ3n) is 10.0. The summed E-state index contributed by atoms with van der Waals surface area (Å²) in [5.74, 6) is -0.152. The van der Waals surface area contributed by atoms with Crippen molar-refractivity contribution in [2.45, 2.75) is 219 Å². The molecule has 9 heteroatoms. The fourth-order valence-corrected chi connectivity index (χ4v) is 7.19. The Labute approximate surface area is 322 Å². The Hall–Kier alpha value is -0.760. The lowest BCUT2D eigenvalue weighted by Crippen LogP contribution is -2.46. The molecule has 0 aromatic heterocycles. The topological polar surface area (TPSA) is 105 Å². The van der Waals surface area contributed by atoms with Gasteiger partial charge in [-0.3, -0.25) is 13.8 Å². The van der Waals surface area contributed by atoms with Crippen LogP contribution >= 0.6 is 7.82 Å². The molecule has 8 nitrogen and oxygen atoms in total. The number of aliphatic hydroxyl groups is 1. The lowest BCUT2D eigenvalue weighted by molar-refractivity contribution is -0.870. The second kappa shape index (κ2) is 35.9. The molecule has 0 aromatic rings. The lowest BCUT2D eigenvalue weighted by atomic mass is 10.0. The van der Waals surface area contributed by atoms with Crippen molar-refractivity contribution in [1.82, 2.24) is 5.32 Å². The highest BCUT2D eigenvalue weighted by Crippen LogP contribution is 2.43. The molecule has 0 saturated carbocycles. The summed E-state index contributed by atoms with van der Waals surface area (Å²) in [6, 6.07) is -0.759. The van der Waals surface area contributed by atoms with E-state index in [1.54, 1.807) is 0 Å². The van der Waals surface area contributed by atoms with Gasteiger partial charge in [0.05, 0.1) is 39.9 Å².